The molecule has 0 spiro atoms. The highest BCUT2D eigenvalue weighted by molar-refractivity contribution is 5.23. The predicted molar refractivity (Wildman–Crippen MR) is 43.5 cm³/mol. The first-order chi connectivity index (χ1) is 5.25. The Hall–Kier alpha value is -0.760. The summed E-state index contributed by atoms with van der Waals surface area (Å²) in [7, 11) is 2.13. The Morgan fingerprint density at radius 1 is 1.55 bits per heavy atom. The number of fused-ring (bicyclic) bond motifs is 1. The lowest BCUT2D eigenvalue weighted by molar-refractivity contribution is 0.275. The fourth-order valence-electron chi connectivity index (χ4n) is 1.60. The van der Waals surface area contributed by atoms with Crippen LogP contribution in [0.3, 0.4) is 0 Å². The molecule has 0 aliphatic carbocycles. The van der Waals surface area contributed by atoms with E-state index in [9.17, 15) is 0 Å². The van der Waals surface area contributed by atoms with Crippen molar-refractivity contribution in [3.05, 3.63) is 23.2 Å². The molecule has 2 heteroatoms. The third-order valence-corrected chi connectivity index (χ3v) is 2.20. The van der Waals surface area contributed by atoms with Gasteiger partial charge in [-0.3, -0.25) is 4.90 Å². The van der Waals surface area contributed by atoms with Crippen LogP contribution in [0, 0.1) is 6.92 Å². The molecule has 0 aromatic carbocycles. The molecular weight excluding hydrogens is 138 g/mol. The first-order valence-corrected chi connectivity index (χ1v) is 4.02. The molecule has 60 valence electrons. The normalized spacial score (nSPS) is 18.4. The van der Waals surface area contributed by atoms with Gasteiger partial charge >= 0.3 is 0 Å². The van der Waals surface area contributed by atoms with Gasteiger partial charge in [0.2, 0.25) is 0 Å². The smallest absolute Gasteiger partial charge is 0.121 e. The molecule has 0 radical (unpaired) electrons. The molecule has 2 rings (SSSR count). The van der Waals surface area contributed by atoms with Gasteiger partial charge in [-0.25, -0.2) is 0 Å². The van der Waals surface area contributed by atoms with Crippen LogP contribution in [0.2, 0.25) is 0 Å². The summed E-state index contributed by atoms with van der Waals surface area (Å²) in [4.78, 5) is 2.28. The minimum absolute atomic E-state index is 0.975. The lowest BCUT2D eigenvalue weighted by Gasteiger charge is -2.20. The molecule has 0 atom stereocenters. The van der Waals surface area contributed by atoms with E-state index < -0.39 is 0 Å². The maximum Gasteiger partial charge on any atom is 0.121 e. The van der Waals surface area contributed by atoms with E-state index in [1.165, 1.54) is 5.56 Å². The Kier molecular flexibility index (Phi) is 1.50. The van der Waals surface area contributed by atoms with Crippen molar-refractivity contribution < 1.29 is 4.42 Å². The summed E-state index contributed by atoms with van der Waals surface area (Å²) in [5.41, 5.74) is 1.40. The van der Waals surface area contributed by atoms with E-state index in [2.05, 4.69) is 18.0 Å². The Bertz CT molecular complexity index is 265. The van der Waals surface area contributed by atoms with Crippen molar-refractivity contribution >= 4 is 0 Å². The number of rotatable bonds is 0. The SMILES string of the molecule is Cc1cc2c(o1)CN(C)CC2. The second-order valence-electron chi connectivity index (χ2n) is 3.29. The fraction of sp³-hybridized carbons (Fsp3) is 0.556. The minimum Gasteiger partial charge on any atom is -0.465 e. The summed E-state index contributed by atoms with van der Waals surface area (Å²) in [5, 5.41) is 0. The van der Waals surface area contributed by atoms with Gasteiger partial charge in [-0.05, 0) is 32.0 Å². The van der Waals surface area contributed by atoms with Crippen LogP contribution in [-0.4, -0.2) is 18.5 Å². The average Bonchev–Trinajstić information content (AvgIpc) is 2.27. The van der Waals surface area contributed by atoms with E-state index in [4.69, 9.17) is 4.42 Å². The fourth-order valence-corrected chi connectivity index (χ4v) is 1.60. The molecule has 0 amide bonds. The van der Waals surface area contributed by atoms with E-state index >= 15 is 0 Å². The molecule has 0 bridgehead atoms. The van der Waals surface area contributed by atoms with Gasteiger partial charge in [-0.1, -0.05) is 0 Å². The number of hydrogen-bond acceptors (Lipinski definition) is 2. The largest absolute Gasteiger partial charge is 0.465 e. The topological polar surface area (TPSA) is 16.4 Å². The zero-order valence-corrected chi connectivity index (χ0v) is 7.05. The van der Waals surface area contributed by atoms with Crippen LogP contribution in [0.1, 0.15) is 17.1 Å². The van der Waals surface area contributed by atoms with Crippen molar-refractivity contribution in [2.24, 2.45) is 0 Å². The van der Waals surface area contributed by atoms with Gasteiger partial charge in [0.05, 0.1) is 6.54 Å². The Morgan fingerprint density at radius 3 is 3.18 bits per heavy atom. The molecule has 0 fully saturated rings. The molecule has 2 heterocycles. The van der Waals surface area contributed by atoms with Crippen molar-refractivity contribution in [1.29, 1.82) is 0 Å². The molecular formula is C9H13NO. The third kappa shape index (κ3) is 1.18. The summed E-state index contributed by atoms with van der Waals surface area (Å²) in [6, 6.07) is 2.16. The van der Waals surface area contributed by atoms with Crippen LogP contribution in [-0.2, 0) is 13.0 Å². The van der Waals surface area contributed by atoms with Gasteiger partial charge in [0, 0.05) is 6.54 Å². The zero-order valence-electron chi connectivity index (χ0n) is 7.05. The van der Waals surface area contributed by atoms with Crippen molar-refractivity contribution in [3.8, 4) is 0 Å². The molecule has 2 nitrogen and oxygen atoms in total. The molecule has 0 N–H and O–H groups in total. The molecule has 1 aromatic heterocycles. The molecule has 0 saturated heterocycles. The van der Waals surface area contributed by atoms with Crippen molar-refractivity contribution in [2.45, 2.75) is 19.9 Å². The Morgan fingerprint density at radius 2 is 2.36 bits per heavy atom. The number of hydrogen-bond donors (Lipinski definition) is 0. The van der Waals surface area contributed by atoms with E-state index in [0.717, 1.165) is 31.0 Å². The lowest BCUT2D eigenvalue weighted by Crippen LogP contribution is -2.25. The zero-order chi connectivity index (χ0) is 7.84. The maximum absolute atomic E-state index is 5.53. The summed E-state index contributed by atoms with van der Waals surface area (Å²) in [6.07, 6.45) is 1.14. The number of aryl methyl sites for hydroxylation is 1. The highest BCUT2D eigenvalue weighted by atomic mass is 16.3. The van der Waals surface area contributed by atoms with Crippen molar-refractivity contribution in [2.75, 3.05) is 13.6 Å². The second-order valence-corrected chi connectivity index (χ2v) is 3.29. The minimum atomic E-state index is 0.975. The van der Waals surface area contributed by atoms with E-state index in [0.29, 0.717) is 0 Å². The molecule has 1 aliphatic heterocycles. The van der Waals surface area contributed by atoms with Crippen LogP contribution in [0.15, 0.2) is 10.5 Å². The van der Waals surface area contributed by atoms with E-state index in [1.54, 1.807) is 0 Å². The molecule has 1 aromatic rings. The van der Waals surface area contributed by atoms with Gasteiger partial charge in [-0.2, -0.15) is 0 Å². The molecule has 1 aliphatic rings. The first kappa shape index (κ1) is 6.92. The lowest BCUT2D eigenvalue weighted by atomic mass is 10.1. The van der Waals surface area contributed by atoms with Crippen LogP contribution >= 0.6 is 0 Å². The van der Waals surface area contributed by atoms with Gasteiger partial charge in [0.25, 0.3) is 0 Å². The van der Waals surface area contributed by atoms with Crippen molar-refractivity contribution in [1.82, 2.24) is 4.90 Å². The monoisotopic (exact) mass is 151 g/mol. The third-order valence-electron chi connectivity index (χ3n) is 2.20. The second kappa shape index (κ2) is 2.38. The maximum atomic E-state index is 5.53. The van der Waals surface area contributed by atoms with Crippen molar-refractivity contribution in [3.63, 3.8) is 0 Å². The predicted octanol–water partition coefficient (Wildman–Crippen LogP) is 1.58. The van der Waals surface area contributed by atoms with Gasteiger partial charge in [0.1, 0.15) is 11.5 Å². The summed E-state index contributed by atoms with van der Waals surface area (Å²) in [5.74, 6) is 2.21. The Labute approximate surface area is 66.8 Å². The van der Waals surface area contributed by atoms with E-state index in [1.807, 2.05) is 6.92 Å². The molecule has 0 saturated carbocycles. The highest BCUT2D eigenvalue weighted by Crippen LogP contribution is 2.20. The highest BCUT2D eigenvalue weighted by Gasteiger charge is 2.16. The first-order valence-electron chi connectivity index (χ1n) is 4.02. The van der Waals surface area contributed by atoms with Crippen LogP contribution in [0.4, 0.5) is 0 Å². The molecule has 11 heavy (non-hydrogen) atoms. The summed E-state index contributed by atoms with van der Waals surface area (Å²) in [6.45, 7) is 4.15. The Balaban J connectivity index is 2.34. The molecule has 0 unspecified atom stereocenters. The van der Waals surface area contributed by atoms with Crippen LogP contribution in [0.25, 0.3) is 0 Å². The van der Waals surface area contributed by atoms with Crippen LogP contribution in [0.5, 0.6) is 0 Å². The average molecular weight is 151 g/mol. The number of nitrogens with zero attached hydrogens (tertiary/aromatic N) is 1. The van der Waals surface area contributed by atoms with Gasteiger partial charge in [0.15, 0.2) is 0 Å². The number of furan rings is 1. The van der Waals surface area contributed by atoms with Gasteiger partial charge < -0.3 is 4.42 Å². The summed E-state index contributed by atoms with van der Waals surface area (Å²) >= 11 is 0. The van der Waals surface area contributed by atoms with E-state index in [-0.39, 0.29) is 0 Å². The van der Waals surface area contributed by atoms with Crippen LogP contribution < -0.4 is 0 Å². The number of likely N-dealkylation sites (N-methyl/N-ethyl adjacent to an activating group) is 1. The summed E-state index contributed by atoms with van der Waals surface area (Å²) < 4.78 is 5.53. The standard InChI is InChI=1S/C9H13NO/c1-7-5-8-3-4-10(2)6-9(8)11-7/h5H,3-4,6H2,1-2H3. The van der Waals surface area contributed by atoms with Gasteiger partial charge in [-0.15, -0.1) is 0 Å². The quantitative estimate of drug-likeness (QED) is 0.559.